The number of amides is 3. The molecule has 3 aliphatic rings. The third-order valence-corrected chi connectivity index (χ3v) is 5.51. The molecule has 0 radical (unpaired) electrons. The number of piperidine rings is 1. The molecule has 1 saturated carbocycles. The molecule has 7 nitrogen and oxygen atoms in total. The Morgan fingerprint density at radius 2 is 1.97 bits per heavy atom. The summed E-state index contributed by atoms with van der Waals surface area (Å²) in [6.45, 7) is 5.42. The molecule has 3 amide bonds. The van der Waals surface area contributed by atoms with Gasteiger partial charge in [0.25, 0.3) is 0 Å². The fraction of sp³-hybridized carbons (Fsp3) is 0.455. The van der Waals surface area contributed by atoms with Crippen molar-refractivity contribution >= 4 is 35.5 Å². The number of hydrogen-bond donors (Lipinski definition) is 1. The van der Waals surface area contributed by atoms with E-state index in [0.29, 0.717) is 6.42 Å². The van der Waals surface area contributed by atoms with Gasteiger partial charge in [-0.2, -0.15) is 0 Å². The smallest absolute Gasteiger partial charge is 0.331 e. The minimum Gasteiger partial charge on any atom is -0.457 e. The van der Waals surface area contributed by atoms with Gasteiger partial charge in [-0.3, -0.25) is 24.6 Å². The van der Waals surface area contributed by atoms with Crippen LogP contribution in [0.25, 0.3) is 6.08 Å². The Labute approximate surface area is 169 Å². The predicted molar refractivity (Wildman–Crippen MR) is 106 cm³/mol. The van der Waals surface area contributed by atoms with Crippen LogP contribution in [-0.2, 0) is 29.3 Å². The molecule has 1 aromatic rings. The van der Waals surface area contributed by atoms with E-state index in [1.165, 1.54) is 6.08 Å². The lowest BCUT2D eigenvalue weighted by atomic mass is 9.96. The lowest BCUT2D eigenvalue weighted by molar-refractivity contribution is -0.148. The highest BCUT2D eigenvalue weighted by Crippen LogP contribution is 2.58. The van der Waals surface area contributed by atoms with E-state index in [9.17, 15) is 19.2 Å². The van der Waals surface area contributed by atoms with E-state index < -0.39 is 28.9 Å². The maximum Gasteiger partial charge on any atom is 0.331 e. The molecule has 7 heteroatoms. The Morgan fingerprint density at radius 3 is 2.59 bits per heavy atom. The van der Waals surface area contributed by atoms with E-state index in [2.05, 4.69) is 5.32 Å². The summed E-state index contributed by atoms with van der Waals surface area (Å²) >= 11 is 0. The number of rotatable bonds is 3. The van der Waals surface area contributed by atoms with E-state index in [1.807, 2.05) is 18.2 Å². The SMILES string of the molecule is CC(C)(C)OC(=O)/C=C/c1ccc2c(c1)C1(CC1)C(=O)N2C1CCC(=O)NC1=O. The summed E-state index contributed by atoms with van der Waals surface area (Å²) in [6, 6.07) is 4.88. The molecule has 0 aromatic heterocycles. The number of nitrogens with zero attached hydrogens (tertiary/aromatic N) is 1. The third kappa shape index (κ3) is 3.45. The van der Waals surface area contributed by atoms with Crippen molar-refractivity contribution in [2.75, 3.05) is 4.90 Å². The Morgan fingerprint density at radius 1 is 1.24 bits per heavy atom. The number of imide groups is 1. The molecule has 1 saturated heterocycles. The van der Waals surface area contributed by atoms with Gasteiger partial charge in [0, 0.05) is 18.2 Å². The molecule has 1 atom stereocenters. The molecule has 1 spiro atoms. The first-order chi connectivity index (χ1) is 13.6. The zero-order chi connectivity index (χ0) is 21.0. The number of anilines is 1. The van der Waals surface area contributed by atoms with E-state index in [1.54, 1.807) is 31.7 Å². The van der Waals surface area contributed by atoms with Crippen molar-refractivity contribution in [3.8, 4) is 0 Å². The molecular formula is C22H24N2O5. The molecule has 1 aliphatic carbocycles. The topological polar surface area (TPSA) is 92.8 Å². The van der Waals surface area contributed by atoms with Crippen molar-refractivity contribution in [1.29, 1.82) is 0 Å². The summed E-state index contributed by atoms with van der Waals surface area (Å²) < 4.78 is 5.28. The highest BCUT2D eigenvalue weighted by Gasteiger charge is 2.61. The predicted octanol–water partition coefficient (Wildman–Crippen LogP) is 2.22. The second kappa shape index (κ2) is 6.54. The number of benzene rings is 1. The number of esters is 1. The highest BCUT2D eigenvalue weighted by molar-refractivity contribution is 6.15. The van der Waals surface area contributed by atoms with Gasteiger partial charge in [-0.15, -0.1) is 0 Å². The molecule has 1 unspecified atom stereocenters. The lowest BCUT2D eigenvalue weighted by Gasteiger charge is -2.30. The first kappa shape index (κ1) is 19.4. The number of ether oxygens (including phenoxy) is 1. The van der Waals surface area contributed by atoms with Gasteiger partial charge in [0.05, 0.1) is 5.41 Å². The third-order valence-electron chi connectivity index (χ3n) is 5.51. The number of hydrogen-bond acceptors (Lipinski definition) is 5. The summed E-state index contributed by atoms with van der Waals surface area (Å²) in [7, 11) is 0. The van der Waals surface area contributed by atoms with Crippen LogP contribution in [0, 0.1) is 0 Å². The molecule has 152 valence electrons. The molecule has 1 aromatic carbocycles. The lowest BCUT2D eigenvalue weighted by Crippen LogP contribution is -2.54. The minimum absolute atomic E-state index is 0.0738. The first-order valence-corrected chi connectivity index (χ1v) is 9.84. The molecule has 0 bridgehead atoms. The van der Waals surface area contributed by atoms with Crippen LogP contribution in [0.3, 0.4) is 0 Å². The van der Waals surface area contributed by atoms with Gasteiger partial charge >= 0.3 is 5.97 Å². The van der Waals surface area contributed by atoms with Crippen LogP contribution in [0.15, 0.2) is 24.3 Å². The number of carbonyl (C=O) groups is 4. The number of fused-ring (bicyclic) bond motifs is 2. The van der Waals surface area contributed by atoms with Crippen molar-refractivity contribution < 1.29 is 23.9 Å². The maximum absolute atomic E-state index is 13.2. The van der Waals surface area contributed by atoms with E-state index >= 15 is 0 Å². The van der Waals surface area contributed by atoms with Crippen molar-refractivity contribution in [3.05, 3.63) is 35.4 Å². The van der Waals surface area contributed by atoms with Crippen LogP contribution in [-0.4, -0.2) is 35.3 Å². The average Bonchev–Trinajstić information content (AvgIpc) is 3.38. The van der Waals surface area contributed by atoms with E-state index in [4.69, 9.17) is 4.74 Å². The van der Waals surface area contributed by atoms with Crippen LogP contribution in [0.5, 0.6) is 0 Å². The van der Waals surface area contributed by atoms with Gasteiger partial charge in [-0.1, -0.05) is 6.07 Å². The minimum atomic E-state index is -0.665. The summed E-state index contributed by atoms with van der Waals surface area (Å²) in [4.78, 5) is 50.5. The fourth-order valence-electron chi connectivity index (χ4n) is 4.05. The normalized spacial score (nSPS) is 22.8. The van der Waals surface area contributed by atoms with Gasteiger partial charge in [0.1, 0.15) is 11.6 Å². The van der Waals surface area contributed by atoms with Crippen molar-refractivity contribution in [3.63, 3.8) is 0 Å². The van der Waals surface area contributed by atoms with Gasteiger partial charge in [0.2, 0.25) is 17.7 Å². The molecule has 2 heterocycles. The Bertz CT molecular complexity index is 952. The largest absolute Gasteiger partial charge is 0.457 e. The van der Waals surface area contributed by atoms with Crippen molar-refractivity contribution in [1.82, 2.24) is 5.32 Å². The second-order valence-electron chi connectivity index (χ2n) is 8.87. The fourth-order valence-corrected chi connectivity index (χ4v) is 4.05. The summed E-state index contributed by atoms with van der Waals surface area (Å²) in [5.41, 5.74) is 1.26. The Kier molecular flexibility index (Phi) is 4.37. The van der Waals surface area contributed by atoms with Gasteiger partial charge < -0.3 is 4.74 Å². The van der Waals surface area contributed by atoms with Gasteiger partial charge in [-0.25, -0.2) is 4.79 Å². The zero-order valence-corrected chi connectivity index (χ0v) is 16.8. The number of carbonyl (C=O) groups excluding carboxylic acids is 4. The summed E-state index contributed by atoms with van der Waals surface area (Å²) in [5.74, 6) is -1.23. The second-order valence-corrected chi connectivity index (χ2v) is 8.87. The highest BCUT2D eigenvalue weighted by atomic mass is 16.6. The van der Waals surface area contributed by atoms with Crippen LogP contribution in [0.1, 0.15) is 57.6 Å². The van der Waals surface area contributed by atoms with Gasteiger partial charge in [0.15, 0.2) is 0 Å². The molecule has 2 aliphatic heterocycles. The van der Waals surface area contributed by atoms with E-state index in [-0.39, 0.29) is 18.2 Å². The monoisotopic (exact) mass is 396 g/mol. The van der Waals surface area contributed by atoms with Crippen molar-refractivity contribution in [2.45, 2.75) is 63.5 Å². The number of nitrogens with one attached hydrogen (secondary N) is 1. The van der Waals surface area contributed by atoms with Crippen LogP contribution in [0.2, 0.25) is 0 Å². The van der Waals surface area contributed by atoms with Crippen LogP contribution >= 0.6 is 0 Å². The van der Waals surface area contributed by atoms with Crippen LogP contribution in [0.4, 0.5) is 5.69 Å². The Hall–Kier alpha value is -2.96. The summed E-state index contributed by atoms with van der Waals surface area (Å²) in [5, 5.41) is 2.33. The molecule has 29 heavy (non-hydrogen) atoms. The molecule has 4 rings (SSSR count). The molecule has 1 N–H and O–H groups in total. The average molecular weight is 396 g/mol. The molecular weight excluding hydrogens is 372 g/mol. The summed E-state index contributed by atoms with van der Waals surface area (Å²) in [6.07, 6.45) is 5.07. The molecule has 2 fully saturated rings. The first-order valence-electron chi connectivity index (χ1n) is 9.84. The van der Waals surface area contributed by atoms with Gasteiger partial charge in [-0.05, 0) is 69.4 Å². The quantitative estimate of drug-likeness (QED) is 0.480. The van der Waals surface area contributed by atoms with Crippen LogP contribution < -0.4 is 10.2 Å². The Balaban J connectivity index is 1.62. The van der Waals surface area contributed by atoms with E-state index in [0.717, 1.165) is 29.7 Å². The standard InChI is InChI=1S/C22H24N2O5/c1-21(2,3)29-18(26)9-5-13-4-6-15-14(12-13)22(10-11-22)20(28)24(15)16-7-8-17(25)23-19(16)27/h4-6,9,12,16H,7-8,10-11H2,1-3H3,(H,23,25,27)/b9-5+. The van der Waals surface area contributed by atoms with Crippen molar-refractivity contribution in [2.24, 2.45) is 0 Å². The zero-order valence-electron chi connectivity index (χ0n) is 16.8. The maximum atomic E-state index is 13.2.